The number of aromatic amines is 1. The van der Waals surface area contributed by atoms with E-state index in [2.05, 4.69) is 16.5 Å². The molecule has 0 aliphatic carbocycles. The molecule has 0 aromatic carbocycles. The number of nitrogens with zero attached hydrogens (tertiary/aromatic N) is 1. The van der Waals surface area contributed by atoms with Gasteiger partial charge in [0.05, 0.1) is 5.39 Å². The molecule has 0 amide bonds. The van der Waals surface area contributed by atoms with Crippen molar-refractivity contribution in [1.82, 2.24) is 9.97 Å². The maximum absolute atomic E-state index is 11.7. The van der Waals surface area contributed by atoms with Gasteiger partial charge in [-0.15, -0.1) is 11.3 Å². The minimum atomic E-state index is -0.0550. The molecule has 1 N–H and O–H groups in total. The van der Waals surface area contributed by atoms with Crippen LogP contribution in [0.5, 0.6) is 0 Å². The van der Waals surface area contributed by atoms with Gasteiger partial charge in [-0.3, -0.25) is 4.79 Å². The highest BCUT2D eigenvalue weighted by Crippen LogP contribution is 2.26. The van der Waals surface area contributed by atoms with Crippen molar-refractivity contribution in [3.8, 4) is 0 Å². The molecule has 0 radical (unpaired) electrons. The smallest absolute Gasteiger partial charge is 0.259 e. The van der Waals surface area contributed by atoms with Gasteiger partial charge in [0.15, 0.2) is 0 Å². The van der Waals surface area contributed by atoms with Crippen LogP contribution in [-0.2, 0) is 6.42 Å². The molecule has 78 valence electrons. The van der Waals surface area contributed by atoms with Crippen LogP contribution in [0.2, 0.25) is 0 Å². The second-order valence-corrected chi connectivity index (χ2v) is 4.51. The van der Waals surface area contributed by atoms with Crippen molar-refractivity contribution in [2.45, 2.75) is 20.3 Å². The van der Waals surface area contributed by atoms with Crippen molar-refractivity contribution in [3.63, 3.8) is 0 Å². The van der Waals surface area contributed by atoms with Gasteiger partial charge in [0.2, 0.25) is 0 Å². The molecule has 0 saturated carbocycles. The lowest BCUT2D eigenvalue weighted by molar-refractivity contribution is 0.948. The van der Waals surface area contributed by atoms with E-state index in [4.69, 9.17) is 0 Å². The molecule has 3 nitrogen and oxygen atoms in total. The predicted octanol–water partition coefficient (Wildman–Crippen LogP) is 2.58. The third-order valence-electron chi connectivity index (χ3n) is 2.21. The van der Waals surface area contributed by atoms with Crippen LogP contribution in [-0.4, -0.2) is 9.97 Å². The first-order valence-corrected chi connectivity index (χ1v) is 5.62. The molecule has 0 aliphatic rings. The lowest BCUT2D eigenvalue weighted by Gasteiger charge is -1.94. The fraction of sp³-hybridized carbons (Fsp3) is 0.273. The third-order valence-corrected chi connectivity index (χ3v) is 3.40. The Bertz CT molecular complexity index is 580. The molecule has 0 saturated heterocycles. The largest absolute Gasteiger partial charge is 0.310 e. The maximum Gasteiger partial charge on any atom is 0.259 e. The standard InChI is InChI=1S/C11H12N2OS/c1-4-9-12-10(14)7-5-8(6(2)3)15-11(7)13-9/h5H,2,4H2,1,3H3,(H,12,13,14). The number of nitrogens with one attached hydrogen (secondary N) is 1. The molecule has 0 spiro atoms. The van der Waals surface area contributed by atoms with Crippen LogP contribution in [0.15, 0.2) is 17.4 Å². The van der Waals surface area contributed by atoms with Crippen molar-refractivity contribution in [2.75, 3.05) is 0 Å². The Morgan fingerprint density at radius 2 is 2.40 bits per heavy atom. The number of aromatic nitrogens is 2. The highest BCUT2D eigenvalue weighted by atomic mass is 32.1. The van der Waals surface area contributed by atoms with Gasteiger partial charge >= 0.3 is 0 Å². The SMILES string of the molecule is C=C(C)c1cc2c(=O)[nH]c(CC)nc2s1. The lowest BCUT2D eigenvalue weighted by Crippen LogP contribution is -2.09. The van der Waals surface area contributed by atoms with Crippen molar-refractivity contribution < 1.29 is 0 Å². The molecule has 2 aromatic rings. The zero-order valence-electron chi connectivity index (χ0n) is 8.76. The Labute approximate surface area is 91.5 Å². The molecule has 2 rings (SSSR count). The van der Waals surface area contributed by atoms with E-state index < -0.39 is 0 Å². The average molecular weight is 220 g/mol. The normalized spacial score (nSPS) is 10.8. The third kappa shape index (κ3) is 1.72. The van der Waals surface area contributed by atoms with E-state index >= 15 is 0 Å². The van der Waals surface area contributed by atoms with E-state index in [1.807, 2.05) is 19.9 Å². The van der Waals surface area contributed by atoms with E-state index in [1.54, 1.807) is 0 Å². The molecule has 0 bridgehead atoms. The van der Waals surface area contributed by atoms with Gasteiger partial charge in [0.25, 0.3) is 5.56 Å². The van der Waals surface area contributed by atoms with Crippen LogP contribution in [0, 0.1) is 0 Å². The Kier molecular flexibility index (Phi) is 2.44. The van der Waals surface area contributed by atoms with Crippen LogP contribution >= 0.6 is 11.3 Å². The second kappa shape index (κ2) is 3.62. The monoisotopic (exact) mass is 220 g/mol. The summed E-state index contributed by atoms with van der Waals surface area (Å²) in [5.41, 5.74) is 0.913. The Morgan fingerprint density at radius 1 is 1.67 bits per heavy atom. The summed E-state index contributed by atoms with van der Waals surface area (Å²) in [6, 6.07) is 1.85. The fourth-order valence-corrected chi connectivity index (χ4v) is 2.33. The van der Waals surface area contributed by atoms with Crippen LogP contribution in [0.3, 0.4) is 0 Å². The molecule has 0 unspecified atom stereocenters. The number of hydrogen-bond donors (Lipinski definition) is 1. The summed E-state index contributed by atoms with van der Waals surface area (Å²) < 4.78 is 0. The topological polar surface area (TPSA) is 45.8 Å². The van der Waals surface area contributed by atoms with Crippen molar-refractivity contribution in [3.05, 3.63) is 33.7 Å². The van der Waals surface area contributed by atoms with Crippen molar-refractivity contribution >= 4 is 27.1 Å². The van der Waals surface area contributed by atoms with E-state index in [0.717, 1.165) is 27.5 Å². The summed E-state index contributed by atoms with van der Waals surface area (Å²) in [6.07, 6.45) is 0.742. The summed E-state index contributed by atoms with van der Waals surface area (Å²) in [4.78, 5) is 20.6. The second-order valence-electron chi connectivity index (χ2n) is 3.48. The van der Waals surface area contributed by atoms with Gasteiger partial charge in [-0.1, -0.05) is 13.5 Å². The Morgan fingerprint density at radius 3 is 3.00 bits per heavy atom. The number of allylic oxidation sites excluding steroid dienone is 1. The van der Waals surface area contributed by atoms with Gasteiger partial charge in [-0.05, 0) is 18.6 Å². The highest BCUT2D eigenvalue weighted by molar-refractivity contribution is 7.19. The summed E-state index contributed by atoms with van der Waals surface area (Å²) in [5.74, 6) is 0.739. The fourth-order valence-electron chi connectivity index (χ4n) is 1.35. The Hall–Kier alpha value is -1.42. The first kappa shape index (κ1) is 10.1. The van der Waals surface area contributed by atoms with E-state index in [1.165, 1.54) is 11.3 Å². The molecule has 0 aliphatic heterocycles. The minimum absolute atomic E-state index is 0.0550. The number of thiophene rings is 1. The molecule has 0 atom stereocenters. The maximum atomic E-state index is 11.7. The molecule has 2 heterocycles. The predicted molar refractivity (Wildman–Crippen MR) is 64.3 cm³/mol. The van der Waals surface area contributed by atoms with Crippen molar-refractivity contribution in [1.29, 1.82) is 0 Å². The van der Waals surface area contributed by atoms with Gasteiger partial charge < -0.3 is 4.98 Å². The molecular formula is C11H12N2OS. The van der Waals surface area contributed by atoms with Gasteiger partial charge in [0, 0.05) is 11.3 Å². The van der Waals surface area contributed by atoms with Crippen LogP contribution in [0.25, 0.3) is 15.8 Å². The first-order valence-electron chi connectivity index (χ1n) is 4.80. The summed E-state index contributed by atoms with van der Waals surface area (Å²) in [6.45, 7) is 7.76. The molecule has 15 heavy (non-hydrogen) atoms. The van der Waals surface area contributed by atoms with Crippen LogP contribution in [0.4, 0.5) is 0 Å². The lowest BCUT2D eigenvalue weighted by atomic mass is 10.2. The molecule has 0 fully saturated rings. The summed E-state index contributed by atoms with van der Waals surface area (Å²) >= 11 is 1.52. The van der Waals surface area contributed by atoms with Crippen LogP contribution < -0.4 is 5.56 Å². The highest BCUT2D eigenvalue weighted by Gasteiger charge is 2.08. The zero-order chi connectivity index (χ0) is 11.0. The van der Waals surface area contributed by atoms with E-state index in [9.17, 15) is 4.79 Å². The number of hydrogen-bond acceptors (Lipinski definition) is 3. The van der Waals surface area contributed by atoms with Gasteiger partial charge in [0.1, 0.15) is 10.7 Å². The Balaban J connectivity index is 2.75. The van der Waals surface area contributed by atoms with E-state index in [0.29, 0.717) is 5.39 Å². The molecule has 4 heteroatoms. The number of aryl methyl sites for hydroxylation is 1. The van der Waals surface area contributed by atoms with Gasteiger partial charge in [-0.25, -0.2) is 4.98 Å². The number of H-pyrrole nitrogens is 1. The number of fused-ring (bicyclic) bond motifs is 1. The molecule has 2 aromatic heterocycles. The van der Waals surface area contributed by atoms with Crippen molar-refractivity contribution in [2.24, 2.45) is 0 Å². The summed E-state index contributed by atoms with van der Waals surface area (Å²) in [7, 11) is 0. The molecular weight excluding hydrogens is 208 g/mol. The summed E-state index contributed by atoms with van der Waals surface area (Å²) in [5, 5.41) is 0.662. The van der Waals surface area contributed by atoms with Gasteiger partial charge in [-0.2, -0.15) is 0 Å². The van der Waals surface area contributed by atoms with E-state index in [-0.39, 0.29) is 5.56 Å². The first-order chi connectivity index (χ1) is 7.11. The minimum Gasteiger partial charge on any atom is -0.310 e. The zero-order valence-corrected chi connectivity index (χ0v) is 9.57. The van der Waals surface area contributed by atoms with Crippen LogP contribution in [0.1, 0.15) is 24.5 Å². The number of rotatable bonds is 2. The quantitative estimate of drug-likeness (QED) is 0.845. The average Bonchev–Trinajstić information content (AvgIpc) is 2.61.